The van der Waals surface area contributed by atoms with E-state index in [0.717, 1.165) is 45.6 Å². The maximum atomic E-state index is 14.0. The van der Waals surface area contributed by atoms with Crippen LogP contribution < -0.4 is 5.32 Å². The van der Waals surface area contributed by atoms with Gasteiger partial charge in [0.25, 0.3) is 5.60 Å². The molecule has 1 aliphatic rings. The highest BCUT2D eigenvalue weighted by Crippen LogP contribution is 2.44. The van der Waals surface area contributed by atoms with E-state index in [9.17, 15) is 22.8 Å². The number of allylic oxidation sites excluding steroid dienone is 2. The first-order chi connectivity index (χ1) is 18.8. The summed E-state index contributed by atoms with van der Waals surface area (Å²) >= 11 is 0. The fraction of sp³-hybridized carbons (Fsp3) is 0.677. The predicted molar refractivity (Wildman–Crippen MR) is 147 cm³/mol. The van der Waals surface area contributed by atoms with E-state index in [1.165, 1.54) is 69.2 Å². The molecule has 5 nitrogen and oxygen atoms in total. The van der Waals surface area contributed by atoms with Crippen molar-refractivity contribution >= 4 is 11.9 Å². The van der Waals surface area contributed by atoms with Crippen LogP contribution in [-0.4, -0.2) is 37.3 Å². The molecule has 1 aliphatic carbocycles. The average Bonchev–Trinajstić information content (AvgIpc) is 3.63. The predicted octanol–water partition coefficient (Wildman–Crippen LogP) is 7.93. The third kappa shape index (κ3) is 11.0. The second-order valence-electron chi connectivity index (χ2n) is 10.4. The second-order valence-corrected chi connectivity index (χ2v) is 10.4. The topological polar surface area (TPSA) is 64.6 Å². The maximum Gasteiger partial charge on any atom is 0.432 e. The molecule has 0 radical (unpaired) electrons. The molecule has 1 saturated carbocycles. The van der Waals surface area contributed by atoms with E-state index in [-0.39, 0.29) is 17.9 Å². The molecular weight excluding hydrogens is 507 g/mol. The molecule has 1 fully saturated rings. The molecule has 0 saturated heterocycles. The van der Waals surface area contributed by atoms with Gasteiger partial charge in [-0.05, 0) is 32.1 Å². The molecule has 1 aromatic carbocycles. The van der Waals surface area contributed by atoms with Crippen molar-refractivity contribution < 1.29 is 32.2 Å². The van der Waals surface area contributed by atoms with Crippen molar-refractivity contribution in [1.29, 1.82) is 0 Å². The van der Waals surface area contributed by atoms with Crippen LogP contribution in [0.5, 0.6) is 0 Å². The molecular formula is C31H46F3NO4. The van der Waals surface area contributed by atoms with Crippen molar-refractivity contribution in [2.45, 2.75) is 127 Å². The minimum absolute atomic E-state index is 0.173. The van der Waals surface area contributed by atoms with Gasteiger partial charge in [0, 0.05) is 25.5 Å². The van der Waals surface area contributed by atoms with Crippen LogP contribution in [0.15, 0.2) is 42.5 Å². The number of rotatable bonds is 20. The van der Waals surface area contributed by atoms with E-state index < -0.39 is 29.9 Å². The minimum atomic E-state index is -5.02. The zero-order valence-corrected chi connectivity index (χ0v) is 23.6. The number of benzene rings is 1. The smallest absolute Gasteiger partial charge is 0.432 e. The molecule has 220 valence electrons. The van der Waals surface area contributed by atoms with Gasteiger partial charge in [-0.2, -0.15) is 13.2 Å². The average molecular weight is 554 g/mol. The lowest BCUT2D eigenvalue weighted by atomic mass is 9.93. The molecule has 39 heavy (non-hydrogen) atoms. The highest BCUT2D eigenvalue weighted by Gasteiger charge is 2.65. The normalized spacial score (nSPS) is 18.6. The highest BCUT2D eigenvalue weighted by molar-refractivity contribution is 5.83. The lowest BCUT2D eigenvalue weighted by molar-refractivity contribution is -0.277. The Morgan fingerprint density at radius 1 is 0.897 bits per heavy atom. The zero-order valence-electron chi connectivity index (χ0n) is 23.6. The summed E-state index contributed by atoms with van der Waals surface area (Å²) in [7, 11) is 0.835. The summed E-state index contributed by atoms with van der Waals surface area (Å²) in [6.07, 6.45) is 14.7. The molecule has 0 unspecified atom stereocenters. The summed E-state index contributed by atoms with van der Waals surface area (Å²) in [5, 5.41) is 2.76. The lowest BCUT2D eigenvalue weighted by Gasteiger charge is -2.32. The fourth-order valence-corrected chi connectivity index (χ4v) is 4.70. The monoisotopic (exact) mass is 553 g/mol. The molecule has 0 aliphatic heterocycles. The van der Waals surface area contributed by atoms with Gasteiger partial charge in [-0.25, -0.2) is 4.79 Å². The van der Waals surface area contributed by atoms with Crippen LogP contribution in [0.25, 0.3) is 0 Å². The second kappa shape index (κ2) is 17.4. The molecule has 3 atom stereocenters. The summed E-state index contributed by atoms with van der Waals surface area (Å²) in [5.41, 5.74) is -3.56. The minimum Gasteiger partial charge on any atom is -0.457 e. The number of hydrogen-bond acceptors (Lipinski definition) is 4. The van der Waals surface area contributed by atoms with Crippen LogP contribution in [0.2, 0.25) is 0 Å². The number of nitrogens with one attached hydrogen (secondary N) is 1. The van der Waals surface area contributed by atoms with Gasteiger partial charge < -0.3 is 14.8 Å². The molecule has 1 aromatic rings. The van der Waals surface area contributed by atoms with E-state index in [1.807, 2.05) is 0 Å². The van der Waals surface area contributed by atoms with E-state index in [4.69, 9.17) is 9.47 Å². The van der Waals surface area contributed by atoms with Crippen LogP contribution >= 0.6 is 0 Å². The quantitative estimate of drug-likeness (QED) is 0.101. The highest BCUT2D eigenvalue weighted by atomic mass is 19.4. The molecule has 0 bridgehead atoms. The lowest BCUT2D eigenvalue weighted by Crippen LogP contribution is -2.52. The number of amides is 1. The molecule has 8 heteroatoms. The molecule has 2 rings (SSSR count). The van der Waals surface area contributed by atoms with Crippen molar-refractivity contribution in [1.82, 2.24) is 5.32 Å². The van der Waals surface area contributed by atoms with E-state index in [0.29, 0.717) is 6.42 Å². The number of hydrogen-bond donors (Lipinski definition) is 1. The molecule has 0 aromatic heterocycles. The number of carbonyl (C=O) groups excluding carboxylic acids is 2. The summed E-state index contributed by atoms with van der Waals surface area (Å²) in [6, 6.07) is 6.24. The summed E-state index contributed by atoms with van der Waals surface area (Å²) in [4.78, 5) is 24.9. The Labute approximate surface area is 231 Å². The molecule has 0 heterocycles. The Hall–Kier alpha value is -2.35. The van der Waals surface area contributed by atoms with Crippen molar-refractivity contribution in [2.75, 3.05) is 7.11 Å². The van der Waals surface area contributed by atoms with Crippen LogP contribution in [0.4, 0.5) is 13.2 Å². The third-order valence-corrected chi connectivity index (χ3v) is 7.18. The van der Waals surface area contributed by atoms with Gasteiger partial charge in [-0.15, -0.1) is 0 Å². The number of ether oxygens (including phenoxy) is 2. The fourth-order valence-electron chi connectivity index (χ4n) is 4.70. The van der Waals surface area contributed by atoms with Crippen LogP contribution in [-0.2, 0) is 24.7 Å². The van der Waals surface area contributed by atoms with Gasteiger partial charge in [-0.1, -0.05) is 101 Å². The van der Waals surface area contributed by atoms with Gasteiger partial charge in [0.2, 0.25) is 5.91 Å². The zero-order chi connectivity index (χ0) is 28.6. The van der Waals surface area contributed by atoms with Gasteiger partial charge in [0.1, 0.15) is 6.10 Å². The molecule has 0 spiro atoms. The van der Waals surface area contributed by atoms with Gasteiger partial charge in [-0.3, -0.25) is 4.79 Å². The van der Waals surface area contributed by atoms with Gasteiger partial charge in [0.15, 0.2) is 0 Å². The molecule has 1 N–H and O–H groups in total. The summed E-state index contributed by atoms with van der Waals surface area (Å²) in [5.74, 6) is -1.70. The van der Waals surface area contributed by atoms with E-state index >= 15 is 0 Å². The Bertz CT molecular complexity index is 874. The first-order valence-corrected chi connectivity index (χ1v) is 14.6. The van der Waals surface area contributed by atoms with Crippen molar-refractivity contribution in [3.8, 4) is 0 Å². The number of esters is 1. The molecule has 1 amide bonds. The SMILES string of the molecule is CCCCCCCC/C=C\CCCCCCCC(=O)N[C@H]1C[C@@H]1OC(=O)[C@@](OC)(c1ccccc1)C(F)(F)F. The van der Waals surface area contributed by atoms with Crippen LogP contribution in [0.3, 0.4) is 0 Å². The maximum absolute atomic E-state index is 14.0. The van der Waals surface area contributed by atoms with Crippen LogP contribution in [0.1, 0.15) is 109 Å². The Balaban J connectivity index is 1.57. The number of halogens is 3. The Morgan fingerprint density at radius 3 is 2.03 bits per heavy atom. The number of carbonyl (C=O) groups is 2. The Morgan fingerprint density at radius 2 is 1.46 bits per heavy atom. The van der Waals surface area contributed by atoms with Gasteiger partial charge in [0.05, 0.1) is 6.04 Å². The van der Waals surface area contributed by atoms with Crippen molar-refractivity contribution in [3.63, 3.8) is 0 Å². The first kappa shape index (κ1) is 32.9. The van der Waals surface area contributed by atoms with Crippen molar-refractivity contribution in [2.24, 2.45) is 0 Å². The van der Waals surface area contributed by atoms with E-state index in [2.05, 4.69) is 24.4 Å². The summed E-state index contributed by atoms with van der Waals surface area (Å²) < 4.78 is 51.8. The van der Waals surface area contributed by atoms with Crippen LogP contribution in [0, 0.1) is 0 Å². The van der Waals surface area contributed by atoms with Gasteiger partial charge >= 0.3 is 12.1 Å². The third-order valence-electron chi connectivity index (χ3n) is 7.18. The van der Waals surface area contributed by atoms with Crippen molar-refractivity contribution in [3.05, 3.63) is 48.0 Å². The standard InChI is InChI=1S/C31H46F3NO4/c1-3-4-5-6-7-8-9-10-11-12-13-14-15-16-20-23-28(36)35-26-24-27(26)39-29(37)30(38-2,31(32,33)34)25-21-18-17-19-22-25/h10-11,17-19,21-22,26-27H,3-9,12-16,20,23-24H2,1-2H3,(H,35,36)/b11-10-/t26-,27-,30-/m0/s1. The van der Waals surface area contributed by atoms with E-state index in [1.54, 1.807) is 6.07 Å². The number of alkyl halides is 3. The number of unbranched alkanes of at least 4 members (excludes halogenated alkanes) is 11. The first-order valence-electron chi connectivity index (χ1n) is 14.6. The summed E-state index contributed by atoms with van der Waals surface area (Å²) in [6.45, 7) is 2.24. The largest absolute Gasteiger partial charge is 0.457 e. The Kier molecular flexibility index (Phi) is 14.6. The number of methoxy groups -OCH3 is 1.